The quantitative estimate of drug-likeness (QED) is 0.776. The van der Waals surface area contributed by atoms with Crippen LogP contribution < -0.4 is 5.73 Å². The van der Waals surface area contributed by atoms with Gasteiger partial charge in [-0.3, -0.25) is 4.79 Å². The Morgan fingerprint density at radius 1 is 1.42 bits per heavy atom. The Morgan fingerprint density at radius 2 is 2.16 bits per heavy atom. The Bertz CT molecular complexity index is 424. The first-order valence-electron chi connectivity index (χ1n) is 6.39. The zero-order valence-electron chi connectivity index (χ0n) is 11.0. The predicted molar refractivity (Wildman–Crippen MR) is 68.6 cm³/mol. The lowest BCUT2D eigenvalue weighted by Crippen LogP contribution is -2.15. The fraction of sp³-hybridized carbons (Fsp3) is 0.500. The first-order valence-corrected chi connectivity index (χ1v) is 6.39. The van der Waals surface area contributed by atoms with Gasteiger partial charge in [0.2, 0.25) is 0 Å². The number of halogens is 2. The lowest BCUT2D eigenvalue weighted by molar-refractivity contribution is -0.143. The predicted octanol–water partition coefficient (Wildman–Crippen LogP) is 2.74. The van der Waals surface area contributed by atoms with Crippen molar-refractivity contribution in [2.45, 2.75) is 32.1 Å². The van der Waals surface area contributed by atoms with Crippen molar-refractivity contribution in [3.8, 4) is 0 Å². The van der Waals surface area contributed by atoms with Gasteiger partial charge in [0.1, 0.15) is 0 Å². The summed E-state index contributed by atoms with van der Waals surface area (Å²) in [5, 5.41) is 0. The number of hydrogen-bond acceptors (Lipinski definition) is 3. The Labute approximate surface area is 111 Å². The second-order valence-corrected chi connectivity index (χ2v) is 4.27. The van der Waals surface area contributed by atoms with E-state index in [1.807, 2.05) is 0 Å². The molecule has 106 valence electrons. The molecule has 0 spiro atoms. The zero-order valence-corrected chi connectivity index (χ0v) is 11.0. The van der Waals surface area contributed by atoms with Gasteiger partial charge in [-0.2, -0.15) is 0 Å². The summed E-state index contributed by atoms with van der Waals surface area (Å²) < 4.78 is 31.6. The minimum absolute atomic E-state index is 0.212. The Morgan fingerprint density at radius 3 is 2.79 bits per heavy atom. The summed E-state index contributed by atoms with van der Waals surface area (Å²) in [5.41, 5.74) is 5.86. The van der Waals surface area contributed by atoms with E-state index in [1.165, 1.54) is 12.1 Å². The van der Waals surface area contributed by atoms with Crippen molar-refractivity contribution in [1.82, 2.24) is 0 Å². The van der Waals surface area contributed by atoms with Crippen molar-refractivity contribution in [3.05, 3.63) is 35.4 Å². The molecule has 0 radical (unpaired) electrons. The third-order valence-electron chi connectivity index (χ3n) is 2.94. The number of ether oxygens (including phenoxy) is 1. The van der Waals surface area contributed by atoms with Crippen molar-refractivity contribution in [1.29, 1.82) is 0 Å². The SMILES string of the molecule is CCOC(=O)CCCC(CN)c1cccc(F)c1F. The molecule has 1 atom stereocenters. The van der Waals surface area contributed by atoms with Gasteiger partial charge < -0.3 is 10.5 Å². The van der Waals surface area contributed by atoms with Gasteiger partial charge in [0.25, 0.3) is 0 Å². The van der Waals surface area contributed by atoms with Crippen LogP contribution in [0.15, 0.2) is 18.2 Å². The fourth-order valence-corrected chi connectivity index (χ4v) is 1.96. The van der Waals surface area contributed by atoms with Crippen molar-refractivity contribution >= 4 is 5.97 Å². The molecule has 1 unspecified atom stereocenters. The van der Waals surface area contributed by atoms with Crippen LogP contribution in [0.1, 0.15) is 37.7 Å². The largest absolute Gasteiger partial charge is 0.466 e. The standard InChI is InChI=1S/C14H19F2NO2/c1-2-19-13(18)8-3-5-10(9-17)11-6-4-7-12(15)14(11)16/h4,6-7,10H,2-3,5,8-9,17H2,1H3. The van der Waals surface area contributed by atoms with Crippen molar-refractivity contribution in [2.24, 2.45) is 5.73 Å². The molecule has 0 fully saturated rings. The van der Waals surface area contributed by atoms with Gasteiger partial charge in [0, 0.05) is 6.42 Å². The second-order valence-electron chi connectivity index (χ2n) is 4.27. The molecule has 0 heterocycles. The number of benzene rings is 1. The maximum atomic E-state index is 13.6. The molecule has 1 rings (SSSR count). The molecule has 0 aliphatic carbocycles. The Balaban J connectivity index is 2.58. The van der Waals surface area contributed by atoms with Gasteiger partial charge in [-0.05, 0) is 43.9 Å². The van der Waals surface area contributed by atoms with E-state index in [2.05, 4.69) is 0 Å². The molecule has 0 saturated heterocycles. The summed E-state index contributed by atoms with van der Waals surface area (Å²) in [4.78, 5) is 11.2. The van der Waals surface area contributed by atoms with Crippen LogP contribution in [0.4, 0.5) is 8.78 Å². The van der Waals surface area contributed by atoms with Gasteiger partial charge in [-0.1, -0.05) is 12.1 Å². The minimum atomic E-state index is -0.874. The van der Waals surface area contributed by atoms with Gasteiger partial charge in [-0.15, -0.1) is 0 Å². The summed E-state index contributed by atoms with van der Waals surface area (Å²) in [6.07, 6.45) is 1.33. The molecule has 0 aliphatic heterocycles. The molecular weight excluding hydrogens is 252 g/mol. The van der Waals surface area contributed by atoms with Gasteiger partial charge in [0.05, 0.1) is 6.61 Å². The zero-order chi connectivity index (χ0) is 14.3. The highest BCUT2D eigenvalue weighted by atomic mass is 19.2. The normalized spacial score (nSPS) is 12.2. The lowest BCUT2D eigenvalue weighted by Gasteiger charge is -2.15. The third-order valence-corrected chi connectivity index (χ3v) is 2.94. The molecule has 0 bridgehead atoms. The van der Waals surface area contributed by atoms with E-state index in [0.717, 1.165) is 6.07 Å². The average molecular weight is 271 g/mol. The van der Waals surface area contributed by atoms with E-state index in [9.17, 15) is 13.6 Å². The average Bonchev–Trinajstić information content (AvgIpc) is 2.39. The fourth-order valence-electron chi connectivity index (χ4n) is 1.96. The second kappa shape index (κ2) is 7.84. The van der Waals surface area contributed by atoms with Crippen LogP contribution in [0.5, 0.6) is 0 Å². The molecule has 5 heteroatoms. The summed E-state index contributed by atoms with van der Waals surface area (Å²) in [6, 6.07) is 4.06. The highest BCUT2D eigenvalue weighted by Gasteiger charge is 2.17. The highest BCUT2D eigenvalue weighted by Crippen LogP contribution is 2.25. The first-order chi connectivity index (χ1) is 9.10. The van der Waals surface area contributed by atoms with Crippen LogP contribution in [-0.4, -0.2) is 19.1 Å². The summed E-state index contributed by atoms with van der Waals surface area (Å²) >= 11 is 0. The number of carbonyl (C=O) groups is 1. The van der Waals surface area contributed by atoms with E-state index in [-0.39, 0.29) is 30.4 Å². The van der Waals surface area contributed by atoms with Crippen LogP contribution in [0.3, 0.4) is 0 Å². The molecule has 0 aromatic heterocycles. The summed E-state index contributed by atoms with van der Waals surface area (Å²) in [6.45, 7) is 2.30. The Kier molecular flexibility index (Phi) is 6.42. The van der Waals surface area contributed by atoms with Gasteiger partial charge in [-0.25, -0.2) is 8.78 Å². The number of hydrogen-bond donors (Lipinski definition) is 1. The number of carbonyl (C=O) groups excluding carboxylic acids is 1. The van der Waals surface area contributed by atoms with E-state index in [1.54, 1.807) is 6.92 Å². The van der Waals surface area contributed by atoms with Gasteiger partial charge in [0.15, 0.2) is 11.6 Å². The molecule has 0 aliphatic rings. The third kappa shape index (κ3) is 4.59. The monoisotopic (exact) mass is 271 g/mol. The van der Waals surface area contributed by atoms with Gasteiger partial charge >= 0.3 is 5.97 Å². The molecule has 0 saturated carbocycles. The van der Waals surface area contributed by atoms with Crippen molar-refractivity contribution < 1.29 is 18.3 Å². The minimum Gasteiger partial charge on any atom is -0.466 e. The Hall–Kier alpha value is -1.49. The molecule has 2 N–H and O–H groups in total. The lowest BCUT2D eigenvalue weighted by atomic mass is 9.93. The van der Waals surface area contributed by atoms with Crippen LogP contribution in [-0.2, 0) is 9.53 Å². The molecule has 1 aromatic rings. The molecule has 0 amide bonds. The van der Waals surface area contributed by atoms with Crippen LogP contribution >= 0.6 is 0 Å². The van der Waals surface area contributed by atoms with E-state index in [0.29, 0.717) is 19.4 Å². The number of nitrogens with two attached hydrogens (primary N) is 1. The number of esters is 1. The van der Waals surface area contributed by atoms with Crippen LogP contribution in [0.25, 0.3) is 0 Å². The topological polar surface area (TPSA) is 52.3 Å². The maximum Gasteiger partial charge on any atom is 0.305 e. The number of rotatable bonds is 7. The highest BCUT2D eigenvalue weighted by molar-refractivity contribution is 5.69. The van der Waals surface area contributed by atoms with E-state index < -0.39 is 11.6 Å². The van der Waals surface area contributed by atoms with Crippen LogP contribution in [0.2, 0.25) is 0 Å². The van der Waals surface area contributed by atoms with Crippen molar-refractivity contribution in [2.75, 3.05) is 13.2 Å². The van der Waals surface area contributed by atoms with E-state index >= 15 is 0 Å². The van der Waals surface area contributed by atoms with Crippen molar-refractivity contribution in [3.63, 3.8) is 0 Å². The summed E-state index contributed by atoms with van der Waals surface area (Å²) in [7, 11) is 0. The summed E-state index contributed by atoms with van der Waals surface area (Å²) in [5.74, 6) is -2.29. The molecule has 3 nitrogen and oxygen atoms in total. The molecule has 1 aromatic carbocycles. The first kappa shape index (κ1) is 15.6. The molecular formula is C14H19F2NO2. The maximum absolute atomic E-state index is 13.6. The van der Waals surface area contributed by atoms with E-state index in [4.69, 9.17) is 10.5 Å². The van der Waals surface area contributed by atoms with Crippen LogP contribution in [0, 0.1) is 11.6 Å². The smallest absolute Gasteiger partial charge is 0.305 e. The molecule has 19 heavy (non-hydrogen) atoms.